The summed E-state index contributed by atoms with van der Waals surface area (Å²) in [5, 5.41) is 26.4. The van der Waals surface area contributed by atoms with Crippen LogP contribution in [0.15, 0.2) is 12.4 Å². The zero-order chi connectivity index (χ0) is 19.3. The van der Waals surface area contributed by atoms with E-state index in [9.17, 15) is 9.90 Å². The van der Waals surface area contributed by atoms with Crippen molar-refractivity contribution in [2.75, 3.05) is 19.8 Å². The van der Waals surface area contributed by atoms with Gasteiger partial charge in [0.05, 0.1) is 30.2 Å². The van der Waals surface area contributed by atoms with Crippen molar-refractivity contribution in [1.82, 2.24) is 25.1 Å². The molecule has 0 spiro atoms. The van der Waals surface area contributed by atoms with Gasteiger partial charge in [-0.25, -0.2) is 14.6 Å². The molecule has 0 unspecified atom stereocenters. The number of carbonyl (C=O) groups excluding carboxylic acids is 1. The van der Waals surface area contributed by atoms with Crippen molar-refractivity contribution in [3.8, 4) is 11.9 Å². The van der Waals surface area contributed by atoms with Gasteiger partial charge in [0.15, 0.2) is 17.2 Å². The lowest BCUT2D eigenvalue weighted by molar-refractivity contribution is 0.0124. The molecule has 2 N–H and O–H groups in total. The lowest BCUT2D eigenvalue weighted by Gasteiger charge is -2.36. The van der Waals surface area contributed by atoms with Crippen LogP contribution in [0, 0.1) is 17.2 Å². The van der Waals surface area contributed by atoms with Crippen molar-refractivity contribution in [3.05, 3.63) is 35.0 Å². The number of carbonyl (C=O) groups is 1. The van der Waals surface area contributed by atoms with Gasteiger partial charge < -0.3 is 15.2 Å². The fourth-order valence-electron chi connectivity index (χ4n) is 4.35. The largest absolute Gasteiger partial charge is 0.394 e. The van der Waals surface area contributed by atoms with Crippen molar-refractivity contribution in [1.29, 1.82) is 5.26 Å². The Labute approximate surface area is 161 Å². The van der Waals surface area contributed by atoms with Crippen molar-refractivity contribution < 1.29 is 14.6 Å². The molecule has 1 saturated carbocycles. The SMILES string of the molecule is N#Cc1cnc(-n2nc(C(=O)NC3(CO)CCOCC3)c3c2[C@@H]2C[C@@H]2C3)cn1. The third kappa shape index (κ3) is 2.68. The van der Waals surface area contributed by atoms with Crippen LogP contribution in [0.1, 0.15) is 52.6 Å². The molecule has 1 saturated heterocycles. The summed E-state index contributed by atoms with van der Waals surface area (Å²) in [7, 11) is 0. The topological polar surface area (TPSA) is 126 Å². The number of aromatic nitrogens is 4. The third-order valence-electron chi connectivity index (χ3n) is 6.08. The molecule has 9 nitrogen and oxygen atoms in total. The van der Waals surface area contributed by atoms with Gasteiger partial charge in [-0.05, 0) is 31.6 Å². The second kappa shape index (κ2) is 6.36. The molecular formula is C19H20N6O3. The molecule has 5 rings (SSSR count). The number of aliphatic hydroxyl groups excluding tert-OH is 1. The molecule has 9 heteroatoms. The van der Waals surface area contributed by atoms with E-state index in [1.54, 1.807) is 4.68 Å². The molecule has 1 amide bonds. The Balaban J connectivity index is 1.49. The normalized spacial score (nSPS) is 24.1. The fourth-order valence-corrected chi connectivity index (χ4v) is 4.35. The van der Waals surface area contributed by atoms with E-state index in [-0.39, 0.29) is 18.2 Å². The lowest BCUT2D eigenvalue weighted by atomic mass is 9.90. The number of hydrogen-bond acceptors (Lipinski definition) is 7. The highest BCUT2D eigenvalue weighted by Gasteiger charge is 2.50. The molecule has 2 atom stereocenters. The number of rotatable bonds is 4. The number of nitrogens with zero attached hydrogens (tertiary/aromatic N) is 5. The number of hydrogen-bond donors (Lipinski definition) is 2. The molecule has 2 aliphatic carbocycles. The van der Waals surface area contributed by atoms with Crippen LogP contribution in [0.3, 0.4) is 0 Å². The van der Waals surface area contributed by atoms with Crippen molar-refractivity contribution in [2.24, 2.45) is 5.92 Å². The minimum atomic E-state index is -0.665. The van der Waals surface area contributed by atoms with E-state index in [2.05, 4.69) is 20.4 Å². The van der Waals surface area contributed by atoms with Crippen molar-refractivity contribution in [3.63, 3.8) is 0 Å². The van der Waals surface area contributed by atoms with Gasteiger partial charge in [-0.15, -0.1) is 0 Å². The number of nitrogens with one attached hydrogen (secondary N) is 1. The smallest absolute Gasteiger partial charge is 0.272 e. The molecule has 3 heterocycles. The Morgan fingerprint density at radius 3 is 2.89 bits per heavy atom. The first kappa shape index (κ1) is 17.3. The molecule has 28 heavy (non-hydrogen) atoms. The standard InChI is InChI=1S/C19H20N6O3/c20-7-12-8-22-15(9-21-12)25-17-13-5-11(13)6-14(17)16(24-25)18(27)23-19(10-26)1-3-28-4-2-19/h8-9,11,13,26H,1-6,10H2,(H,23,27)/t11-,13-/m1/s1. The molecule has 1 aliphatic heterocycles. The monoisotopic (exact) mass is 380 g/mol. The predicted molar refractivity (Wildman–Crippen MR) is 95.8 cm³/mol. The first-order valence-corrected chi connectivity index (χ1v) is 9.49. The van der Waals surface area contributed by atoms with Crippen LogP contribution in [0.5, 0.6) is 0 Å². The van der Waals surface area contributed by atoms with Crippen LogP contribution >= 0.6 is 0 Å². The van der Waals surface area contributed by atoms with Gasteiger partial charge in [-0.1, -0.05) is 0 Å². The lowest BCUT2D eigenvalue weighted by Crippen LogP contribution is -2.54. The van der Waals surface area contributed by atoms with E-state index in [1.165, 1.54) is 12.4 Å². The Kier molecular flexibility index (Phi) is 3.92. The number of fused-ring (bicyclic) bond motifs is 3. The number of aliphatic hydroxyl groups is 1. The molecule has 2 fully saturated rings. The van der Waals surface area contributed by atoms with Gasteiger partial charge in [0, 0.05) is 24.7 Å². The summed E-state index contributed by atoms with van der Waals surface area (Å²) in [4.78, 5) is 21.5. The molecule has 3 aliphatic rings. The summed E-state index contributed by atoms with van der Waals surface area (Å²) in [6.07, 6.45) is 6.00. The van der Waals surface area contributed by atoms with Crippen molar-refractivity contribution in [2.45, 2.75) is 37.1 Å². The average molecular weight is 380 g/mol. The second-order valence-corrected chi connectivity index (χ2v) is 7.81. The summed E-state index contributed by atoms with van der Waals surface area (Å²) >= 11 is 0. The van der Waals surface area contributed by atoms with E-state index in [0.717, 1.165) is 24.1 Å². The molecule has 144 valence electrons. The van der Waals surface area contributed by atoms with Gasteiger partial charge >= 0.3 is 0 Å². The van der Waals surface area contributed by atoms with Gasteiger partial charge in [-0.2, -0.15) is 10.4 Å². The second-order valence-electron chi connectivity index (χ2n) is 7.81. The molecule has 2 aromatic rings. The van der Waals surface area contributed by atoms with Gasteiger partial charge in [0.25, 0.3) is 5.91 Å². The minimum absolute atomic E-state index is 0.128. The highest BCUT2D eigenvalue weighted by atomic mass is 16.5. The van der Waals surface area contributed by atoms with E-state index in [1.807, 2.05) is 6.07 Å². The Bertz CT molecular complexity index is 971. The predicted octanol–water partition coefficient (Wildman–Crippen LogP) is 0.465. The number of ether oxygens (including phenoxy) is 1. The average Bonchev–Trinajstić information content (AvgIpc) is 3.24. The van der Waals surface area contributed by atoms with Crippen LogP contribution in [-0.4, -0.2) is 56.1 Å². The quantitative estimate of drug-likeness (QED) is 0.789. The van der Waals surface area contributed by atoms with Gasteiger partial charge in [0.2, 0.25) is 0 Å². The zero-order valence-electron chi connectivity index (χ0n) is 15.3. The molecule has 0 aromatic carbocycles. The summed E-state index contributed by atoms with van der Waals surface area (Å²) in [6, 6.07) is 1.95. The zero-order valence-corrected chi connectivity index (χ0v) is 15.3. The van der Waals surface area contributed by atoms with Crippen LogP contribution in [0.2, 0.25) is 0 Å². The maximum absolute atomic E-state index is 13.1. The van der Waals surface area contributed by atoms with Gasteiger partial charge in [0.1, 0.15) is 6.07 Å². The highest BCUT2D eigenvalue weighted by Crippen LogP contribution is 2.57. The maximum Gasteiger partial charge on any atom is 0.272 e. The van der Waals surface area contributed by atoms with E-state index >= 15 is 0 Å². The Hall–Kier alpha value is -2.83. The molecular weight excluding hydrogens is 360 g/mol. The first-order chi connectivity index (χ1) is 13.6. The summed E-state index contributed by atoms with van der Waals surface area (Å²) in [5.41, 5.74) is 1.96. The number of amides is 1. The van der Waals surface area contributed by atoms with E-state index in [0.29, 0.717) is 49.4 Å². The minimum Gasteiger partial charge on any atom is -0.394 e. The van der Waals surface area contributed by atoms with E-state index in [4.69, 9.17) is 10.00 Å². The highest BCUT2D eigenvalue weighted by molar-refractivity contribution is 5.95. The number of nitriles is 1. The summed E-state index contributed by atoms with van der Waals surface area (Å²) in [6.45, 7) is 0.897. The van der Waals surface area contributed by atoms with E-state index < -0.39 is 5.54 Å². The summed E-state index contributed by atoms with van der Waals surface area (Å²) < 4.78 is 7.07. The molecule has 2 aromatic heterocycles. The van der Waals surface area contributed by atoms with Crippen LogP contribution in [0.25, 0.3) is 5.82 Å². The Morgan fingerprint density at radius 2 is 2.21 bits per heavy atom. The van der Waals surface area contributed by atoms with Gasteiger partial charge in [-0.3, -0.25) is 4.79 Å². The first-order valence-electron chi connectivity index (χ1n) is 9.49. The fraction of sp³-hybridized carbons (Fsp3) is 0.526. The molecule has 0 radical (unpaired) electrons. The van der Waals surface area contributed by atoms with Crippen LogP contribution < -0.4 is 5.32 Å². The van der Waals surface area contributed by atoms with Crippen LogP contribution in [-0.2, 0) is 11.2 Å². The van der Waals surface area contributed by atoms with Crippen molar-refractivity contribution >= 4 is 5.91 Å². The molecule has 0 bridgehead atoms. The summed E-state index contributed by atoms with van der Waals surface area (Å²) in [5.74, 6) is 1.20. The maximum atomic E-state index is 13.1. The third-order valence-corrected chi connectivity index (χ3v) is 6.08. The Morgan fingerprint density at radius 1 is 1.39 bits per heavy atom. The van der Waals surface area contributed by atoms with Crippen LogP contribution in [0.4, 0.5) is 0 Å².